The monoisotopic (exact) mass is 437 g/mol. The average molecular weight is 438 g/mol. The fourth-order valence-electron chi connectivity index (χ4n) is 2.72. The summed E-state index contributed by atoms with van der Waals surface area (Å²) in [6, 6.07) is 4.76. The number of halogens is 1. The van der Waals surface area contributed by atoms with E-state index in [-0.39, 0.29) is 23.9 Å². The number of hydrogen-bond acceptors (Lipinski definition) is 5. The van der Waals surface area contributed by atoms with Gasteiger partial charge in [0, 0.05) is 24.9 Å². The number of rotatable bonds is 13. The van der Waals surface area contributed by atoms with Crippen LogP contribution in [0.2, 0.25) is 0 Å². The molecule has 2 rings (SSSR count). The lowest BCUT2D eigenvalue weighted by molar-refractivity contribution is -0.108. The Bertz CT molecular complexity index is 738. The number of nitrogens with zero attached hydrogens (tertiary/aromatic N) is 1. The summed E-state index contributed by atoms with van der Waals surface area (Å²) in [5.74, 6) is 1.40. The predicted molar refractivity (Wildman–Crippen MR) is 119 cm³/mol. The Morgan fingerprint density at radius 1 is 1.33 bits per heavy atom. The smallest absolute Gasteiger partial charge is 0.317 e. The van der Waals surface area contributed by atoms with Crippen LogP contribution < -0.4 is 14.8 Å². The van der Waals surface area contributed by atoms with Gasteiger partial charge in [0.2, 0.25) is 0 Å². The molecule has 30 heavy (non-hydrogen) atoms. The van der Waals surface area contributed by atoms with Gasteiger partial charge in [-0.3, -0.25) is 4.72 Å². The molecule has 6 nitrogen and oxygen atoms in total. The second kappa shape index (κ2) is 12.0. The molecular formula is C22H32FN3O3S. The van der Waals surface area contributed by atoms with Crippen molar-refractivity contribution in [2.45, 2.75) is 38.6 Å². The number of ether oxygens (including phenoxy) is 1. The molecule has 166 valence electrons. The van der Waals surface area contributed by atoms with E-state index in [2.05, 4.69) is 23.9 Å². The van der Waals surface area contributed by atoms with Crippen molar-refractivity contribution in [2.24, 2.45) is 5.92 Å². The minimum absolute atomic E-state index is 0.0680. The molecule has 2 N–H and O–H groups in total. The minimum atomic E-state index is -0.347. The van der Waals surface area contributed by atoms with Crippen molar-refractivity contribution in [3.63, 3.8) is 0 Å². The minimum Gasteiger partial charge on any atom is -0.490 e. The van der Waals surface area contributed by atoms with E-state index in [4.69, 9.17) is 4.74 Å². The van der Waals surface area contributed by atoms with E-state index in [1.165, 1.54) is 30.9 Å². The summed E-state index contributed by atoms with van der Waals surface area (Å²) in [5, 5.41) is 2.51. The van der Waals surface area contributed by atoms with Crippen molar-refractivity contribution in [2.75, 3.05) is 32.5 Å². The Balaban J connectivity index is 1.76. The molecule has 1 aromatic rings. The summed E-state index contributed by atoms with van der Waals surface area (Å²) in [6.45, 7) is 5.14. The third-order valence-electron chi connectivity index (χ3n) is 4.83. The van der Waals surface area contributed by atoms with E-state index in [9.17, 15) is 14.0 Å². The zero-order valence-electron chi connectivity index (χ0n) is 17.9. The first-order valence-corrected chi connectivity index (χ1v) is 11.2. The molecule has 1 aromatic carbocycles. The highest BCUT2D eigenvalue weighted by Crippen LogP contribution is 2.32. The molecule has 0 bridgehead atoms. The first kappa shape index (κ1) is 24.2. The molecule has 0 spiro atoms. The number of allylic oxidation sites excluding steroid dienone is 1. The number of urea groups is 1. The summed E-state index contributed by atoms with van der Waals surface area (Å²) in [4.78, 5) is 23.7. The van der Waals surface area contributed by atoms with Gasteiger partial charge in [-0.1, -0.05) is 30.2 Å². The van der Waals surface area contributed by atoms with Gasteiger partial charge >= 0.3 is 6.03 Å². The molecule has 0 radical (unpaired) electrons. The number of aldehydes is 1. The van der Waals surface area contributed by atoms with Gasteiger partial charge in [-0.25, -0.2) is 9.18 Å². The third kappa shape index (κ3) is 7.99. The Kier molecular flexibility index (Phi) is 9.65. The van der Waals surface area contributed by atoms with Gasteiger partial charge in [-0.05, 0) is 56.7 Å². The number of nitrogens with one attached hydrogen (secondary N) is 2. The lowest BCUT2D eigenvalue weighted by atomic mass is 9.95. The number of carbonyl (C=O) groups excluding carboxylic acids is 2. The Labute approximate surface area is 182 Å². The molecular weight excluding hydrogens is 405 g/mol. The number of hydrogen-bond donors (Lipinski definition) is 2. The van der Waals surface area contributed by atoms with Crippen molar-refractivity contribution in [1.82, 2.24) is 14.9 Å². The predicted octanol–water partition coefficient (Wildman–Crippen LogP) is 3.87. The molecule has 1 fully saturated rings. The van der Waals surface area contributed by atoms with Gasteiger partial charge < -0.3 is 19.7 Å². The van der Waals surface area contributed by atoms with Crippen LogP contribution in [0.4, 0.5) is 9.18 Å². The van der Waals surface area contributed by atoms with Crippen LogP contribution in [0.5, 0.6) is 5.75 Å². The fraction of sp³-hybridized carbons (Fsp3) is 0.545. The Hall–Kier alpha value is -2.06. The highest BCUT2D eigenvalue weighted by molar-refractivity contribution is 7.97. The van der Waals surface area contributed by atoms with Crippen molar-refractivity contribution < 1.29 is 18.7 Å². The lowest BCUT2D eigenvalue weighted by Gasteiger charge is -2.27. The molecule has 0 heterocycles. The van der Waals surface area contributed by atoms with E-state index in [0.29, 0.717) is 31.1 Å². The third-order valence-corrected chi connectivity index (χ3v) is 5.92. The number of amides is 2. The summed E-state index contributed by atoms with van der Waals surface area (Å²) < 4.78 is 23.1. The van der Waals surface area contributed by atoms with E-state index in [1.807, 2.05) is 12.2 Å². The molecule has 1 aliphatic rings. The van der Waals surface area contributed by atoms with Gasteiger partial charge in [0.05, 0.1) is 13.2 Å². The van der Waals surface area contributed by atoms with E-state index in [1.54, 1.807) is 24.1 Å². The molecule has 2 amide bonds. The van der Waals surface area contributed by atoms with Crippen LogP contribution in [0.15, 0.2) is 30.4 Å². The van der Waals surface area contributed by atoms with E-state index in [0.717, 1.165) is 17.7 Å². The molecule has 0 aliphatic heterocycles. The second-order valence-electron chi connectivity index (χ2n) is 7.86. The summed E-state index contributed by atoms with van der Waals surface area (Å²) >= 11 is 1.59. The molecule has 1 aliphatic carbocycles. The van der Waals surface area contributed by atoms with Gasteiger partial charge in [-0.15, -0.1) is 0 Å². The molecule has 1 saturated carbocycles. The van der Waals surface area contributed by atoms with Crippen LogP contribution in [0.3, 0.4) is 0 Å². The highest BCUT2D eigenvalue weighted by atomic mass is 32.2. The number of benzene rings is 1. The van der Waals surface area contributed by atoms with Gasteiger partial charge in [0.25, 0.3) is 0 Å². The summed E-state index contributed by atoms with van der Waals surface area (Å²) in [7, 11) is 1.54. The van der Waals surface area contributed by atoms with E-state index < -0.39 is 0 Å². The molecule has 8 heteroatoms. The topological polar surface area (TPSA) is 70.7 Å². The number of carbonyl (C=O) groups is 2. The van der Waals surface area contributed by atoms with Crippen LogP contribution in [0.25, 0.3) is 0 Å². The van der Waals surface area contributed by atoms with Gasteiger partial charge in [0.15, 0.2) is 11.6 Å². The average Bonchev–Trinajstić information content (AvgIpc) is 3.55. The normalized spacial score (nSPS) is 14.0. The summed E-state index contributed by atoms with van der Waals surface area (Å²) in [5.41, 5.74) is 0.618. The van der Waals surface area contributed by atoms with Gasteiger partial charge in [0.1, 0.15) is 6.29 Å². The molecule has 0 unspecified atom stereocenters. The largest absolute Gasteiger partial charge is 0.490 e. The van der Waals surface area contributed by atoms with Crippen molar-refractivity contribution in [3.8, 4) is 5.75 Å². The zero-order chi connectivity index (χ0) is 22.0. The first-order valence-electron chi connectivity index (χ1n) is 10.2. The zero-order valence-corrected chi connectivity index (χ0v) is 18.8. The van der Waals surface area contributed by atoms with Crippen molar-refractivity contribution >= 4 is 24.3 Å². The van der Waals surface area contributed by atoms with E-state index >= 15 is 0 Å². The van der Waals surface area contributed by atoms with Crippen LogP contribution >= 0.6 is 11.9 Å². The van der Waals surface area contributed by atoms with Gasteiger partial charge in [-0.2, -0.15) is 0 Å². The SMILES string of the molecule is CNC(=O)N(CC=O)C/C=C/CCSNC(C)(C)c1ccc(F)c(OCC2CC2)c1. The maximum atomic E-state index is 14.0. The second-order valence-corrected chi connectivity index (χ2v) is 8.76. The molecule has 0 atom stereocenters. The van der Waals surface area contributed by atoms with Crippen LogP contribution in [-0.2, 0) is 10.3 Å². The highest BCUT2D eigenvalue weighted by Gasteiger charge is 2.24. The van der Waals surface area contributed by atoms with Crippen molar-refractivity contribution in [3.05, 3.63) is 41.7 Å². The van der Waals surface area contributed by atoms with Crippen molar-refractivity contribution in [1.29, 1.82) is 0 Å². The Morgan fingerprint density at radius 2 is 2.10 bits per heavy atom. The van der Waals surface area contributed by atoms with Crippen LogP contribution in [-0.4, -0.2) is 49.7 Å². The molecule has 0 saturated heterocycles. The van der Waals surface area contributed by atoms with Crippen LogP contribution in [0, 0.1) is 11.7 Å². The molecule has 0 aromatic heterocycles. The standard InChI is InChI=1S/C22H32FN3O3S/c1-22(2,18-9-10-19(23)20(15-18)29-16-17-7-8-17)25-30-14-6-4-5-11-26(12-13-27)21(28)24-3/h4-5,9-10,13,15,17,25H,6-8,11-12,14,16H2,1-3H3,(H,24,28)/b5-4+. The quantitative estimate of drug-likeness (QED) is 0.212. The summed E-state index contributed by atoms with van der Waals surface area (Å²) in [6.07, 6.45) is 7.73. The Morgan fingerprint density at radius 3 is 2.77 bits per heavy atom. The fourth-order valence-corrected chi connectivity index (χ4v) is 3.55. The van der Waals surface area contributed by atoms with Crippen LogP contribution in [0.1, 0.15) is 38.7 Å². The lowest BCUT2D eigenvalue weighted by Crippen LogP contribution is -2.39. The maximum Gasteiger partial charge on any atom is 0.317 e. The first-order chi connectivity index (χ1) is 14.4. The maximum absolute atomic E-state index is 14.0.